The number of aromatic hydroxyl groups is 2. The van der Waals surface area contributed by atoms with E-state index >= 15 is 0 Å². The van der Waals surface area contributed by atoms with E-state index in [1.54, 1.807) is 51.3 Å². The number of ether oxygens (including phenoxy) is 6. The molecule has 5 aliphatic rings. The summed E-state index contributed by atoms with van der Waals surface area (Å²) in [6.45, 7) is 15.3. The van der Waals surface area contributed by atoms with Gasteiger partial charge in [-0.15, -0.1) is 0 Å². The molecular formula is C56H67N7O15. The van der Waals surface area contributed by atoms with E-state index in [2.05, 4.69) is 26.3 Å². The third-order valence-corrected chi connectivity index (χ3v) is 15.9. The molecule has 10 atom stereocenters. The molecule has 5 aliphatic heterocycles. The van der Waals surface area contributed by atoms with Crippen molar-refractivity contribution >= 4 is 39.9 Å². The van der Waals surface area contributed by atoms with Gasteiger partial charge in [0.05, 0.1) is 54.4 Å². The number of phenolic OH excluding ortho intramolecular Hbond substituents is 2. The number of nitrogens with one attached hydrogen (secondary N) is 1. The Bertz CT molecular complexity index is 3270. The molecule has 0 unspecified atom stereocenters. The zero-order valence-electron chi connectivity index (χ0n) is 45.1. The number of rotatable bonds is 8. The van der Waals surface area contributed by atoms with Gasteiger partial charge in [-0.1, -0.05) is 70.2 Å². The normalized spacial score (nSPS) is 29.7. The Hall–Kier alpha value is -7.24. The number of anilines is 1. The molecule has 1 amide bonds. The van der Waals surface area contributed by atoms with Gasteiger partial charge in [-0.2, -0.15) is 0 Å². The Morgan fingerprint density at radius 3 is 2.42 bits per heavy atom. The molecule has 1 aromatic heterocycles. The van der Waals surface area contributed by atoms with Crippen molar-refractivity contribution in [2.75, 3.05) is 32.1 Å². The maximum atomic E-state index is 15.0. The Morgan fingerprint density at radius 1 is 0.987 bits per heavy atom. The number of piperidine rings is 1. The zero-order valence-corrected chi connectivity index (χ0v) is 45.1. The van der Waals surface area contributed by atoms with Gasteiger partial charge in [-0.05, 0) is 36.0 Å². The molecule has 4 aromatic rings. The molecule has 0 saturated carbocycles. The number of allylic oxidation sites excluding steroid dienone is 2. The number of fused-ring (bicyclic) bond motifs is 2. The number of carbonyl (C=O) groups is 3. The van der Waals surface area contributed by atoms with Gasteiger partial charge in [-0.25, -0.2) is 4.99 Å². The van der Waals surface area contributed by atoms with Crippen molar-refractivity contribution in [2.24, 2.45) is 33.7 Å². The predicted octanol–water partition coefficient (Wildman–Crippen LogP) is 5.38. The van der Waals surface area contributed by atoms with Gasteiger partial charge in [0.1, 0.15) is 52.9 Å². The minimum absolute atomic E-state index is 0.00336. The van der Waals surface area contributed by atoms with Crippen molar-refractivity contribution in [3.05, 3.63) is 110 Å². The Balaban J connectivity index is 1.04. The molecule has 1 fully saturated rings. The van der Waals surface area contributed by atoms with Crippen molar-refractivity contribution in [3.63, 3.8) is 0 Å². The number of phenols is 2. The number of nitrogens with zero attached hydrogens (tertiary/aromatic N) is 6. The van der Waals surface area contributed by atoms with Gasteiger partial charge < -0.3 is 64.3 Å². The Morgan fingerprint density at radius 2 is 1.72 bits per heavy atom. The molecule has 5 N–H and O–H groups in total. The number of carbonyl (C=O) groups excluding carboxylic acids is 3. The zero-order chi connectivity index (χ0) is 56.1. The first-order valence-electron chi connectivity index (χ1n) is 26.1. The van der Waals surface area contributed by atoms with Crippen molar-refractivity contribution in [1.29, 1.82) is 0 Å². The van der Waals surface area contributed by atoms with E-state index < -0.39 is 93.6 Å². The molecule has 4 bridgehead atoms. The van der Waals surface area contributed by atoms with Crippen LogP contribution in [0, 0.1) is 40.7 Å². The molecule has 416 valence electrons. The molecular weight excluding hydrogens is 1010 g/mol. The number of esters is 1. The number of nitro groups is 1. The average Bonchev–Trinajstić information content (AvgIpc) is 4.18. The summed E-state index contributed by atoms with van der Waals surface area (Å²) in [4.78, 5) is 68.1. The highest BCUT2D eigenvalue weighted by molar-refractivity contribution is 6.21. The van der Waals surface area contributed by atoms with Gasteiger partial charge >= 0.3 is 23.6 Å². The van der Waals surface area contributed by atoms with Crippen LogP contribution >= 0.6 is 0 Å². The molecule has 1 spiro atoms. The first-order valence-corrected chi connectivity index (χ1v) is 26.1. The topological polar surface area (TPSA) is 288 Å². The molecule has 6 heterocycles. The highest BCUT2D eigenvalue weighted by atomic mass is 16.7. The number of amides is 1. The number of hydrogen-bond acceptors (Lipinski definition) is 19. The first-order chi connectivity index (χ1) is 37.0. The van der Waals surface area contributed by atoms with Crippen LogP contribution < -0.4 is 25.5 Å². The van der Waals surface area contributed by atoms with Crippen molar-refractivity contribution < 1.29 is 68.2 Å². The van der Waals surface area contributed by atoms with E-state index in [0.717, 1.165) is 11.1 Å². The summed E-state index contributed by atoms with van der Waals surface area (Å²) >= 11 is 0. The molecule has 3 aromatic carbocycles. The first kappa shape index (κ1) is 55.5. The van der Waals surface area contributed by atoms with Crippen LogP contribution in [0.2, 0.25) is 0 Å². The van der Waals surface area contributed by atoms with Crippen LogP contribution in [0.5, 0.6) is 23.3 Å². The summed E-state index contributed by atoms with van der Waals surface area (Å²) in [7, 11) is 1.45. The summed E-state index contributed by atoms with van der Waals surface area (Å²) in [6.07, 6.45) is 5.56. The smallest absolute Gasteiger partial charge is 0.414 e. The second kappa shape index (κ2) is 21.9. The third-order valence-electron chi connectivity index (χ3n) is 15.9. The summed E-state index contributed by atoms with van der Waals surface area (Å²) in [5, 5.41) is 62.1. The highest BCUT2D eigenvalue weighted by Crippen LogP contribution is 2.51. The fourth-order valence-electron chi connectivity index (χ4n) is 11.2. The van der Waals surface area contributed by atoms with Crippen molar-refractivity contribution in [3.8, 4) is 23.3 Å². The number of aliphatic hydroxyl groups is 2. The summed E-state index contributed by atoms with van der Waals surface area (Å²) < 4.78 is 37.5. The molecule has 0 aliphatic carbocycles. The summed E-state index contributed by atoms with van der Waals surface area (Å²) in [6, 6.07) is 8.20. The number of Topliss-reactive ketones (excluding diaryl/α,β-unsaturated/α-hetero) is 1. The number of hydrogen-bond donors (Lipinski definition) is 5. The molecule has 22 heteroatoms. The fraction of sp³-hybridized carbons (Fsp3) is 0.500. The van der Waals surface area contributed by atoms with Gasteiger partial charge in [0, 0.05) is 98.6 Å². The maximum Gasteiger partial charge on any atom is 0.414 e. The lowest BCUT2D eigenvalue weighted by molar-refractivity contribution is -0.389. The van der Waals surface area contributed by atoms with Gasteiger partial charge in [0.2, 0.25) is 0 Å². The van der Waals surface area contributed by atoms with E-state index in [9.17, 15) is 44.9 Å². The SMILES string of the molecule is CO[C@H]1/C=C/O[C@@]2(C)Oc3c(C)c(O)c4c(O)c(c5c(c4c3C2=O)NC2(CCN(Cc3cccc(CO[C@@H]4COc6nc([N+](=O)[O-])cn6C4)c3)CC2)N=5)=NC(=O)/C(C)=C\C=C\[C@H](C)[C@H](O)[C@@H](C)[C@@H](O)[C@@H](C)[C@H](OC(C)=O)[C@@H]1C. The molecule has 78 heavy (non-hydrogen) atoms. The number of likely N-dealkylation sites (tertiary alicyclic amines) is 1. The van der Waals surface area contributed by atoms with Crippen LogP contribution in [0.3, 0.4) is 0 Å². The monoisotopic (exact) mass is 1080 g/mol. The van der Waals surface area contributed by atoms with Crippen molar-refractivity contribution in [2.45, 2.75) is 130 Å². The maximum absolute atomic E-state index is 15.0. The molecule has 9 rings (SSSR count). The van der Waals surface area contributed by atoms with E-state index in [1.165, 1.54) is 52.5 Å². The Labute approximate surface area is 449 Å². The number of aliphatic hydroxyl groups excluding tert-OH is 2. The van der Waals surface area contributed by atoms with Crippen LogP contribution in [0.1, 0.15) is 88.4 Å². The van der Waals surface area contributed by atoms with Crippen LogP contribution in [0.15, 0.2) is 76.6 Å². The second-order valence-electron chi connectivity index (χ2n) is 21.4. The lowest BCUT2D eigenvalue weighted by Crippen LogP contribution is -2.46. The largest absolute Gasteiger partial charge is 0.507 e. The lowest BCUT2D eigenvalue weighted by atomic mass is 9.78. The average molecular weight is 1080 g/mol. The number of methoxy groups -OCH3 is 1. The quantitative estimate of drug-likeness (QED) is 0.0641. The van der Waals surface area contributed by atoms with E-state index in [1.807, 2.05) is 18.2 Å². The lowest BCUT2D eigenvalue weighted by Gasteiger charge is -2.38. The number of imidazole rings is 1. The van der Waals surface area contributed by atoms with E-state index in [0.29, 0.717) is 39.0 Å². The number of ketones is 1. The molecule has 0 radical (unpaired) electrons. The molecule has 22 nitrogen and oxygen atoms in total. The predicted molar refractivity (Wildman–Crippen MR) is 281 cm³/mol. The Kier molecular flexibility index (Phi) is 15.6. The van der Waals surface area contributed by atoms with Gasteiger partial charge in [0.15, 0.2) is 5.75 Å². The summed E-state index contributed by atoms with van der Waals surface area (Å²) in [5.74, 6) is -7.77. The fourth-order valence-corrected chi connectivity index (χ4v) is 11.2. The van der Waals surface area contributed by atoms with Crippen LogP contribution in [-0.4, -0.2) is 126 Å². The summed E-state index contributed by atoms with van der Waals surface area (Å²) in [5.41, 5.74) is 1.52. The number of benzene rings is 3. The van der Waals surface area contributed by atoms with Gasteiger partial charge in [-0.3, -0.25) is 28.8 Å². The van der Waals surface area contributed by atoms with Crippen LogP contribution in [0.4, 0.5) is 11.5 Å². The second-order valence-corrected chi connectivity index (χ2v) is 21.4. The molecule has 1 saturated heterocycles. The van der Waals surface area contributed by atoms with Crippen LogP contribution in [-0.2, 0) is 48.2 Å². The van der Waals surface area contributed by atoms with Crippen molar-refractivity contribution in [1.82, 2.24) is 14.5 Å². The minimum atomic E-state index is -2.01. The minimum Gasteiger partial charge on any atom is -0.507 e. The van der Waals surface area contributed by atoms with Gasteiger partial charge in [0.25, 0.3) is 11.7 Å². The van der Waals surface area contributed by atoms with Crippen LogP contribution in [0.25, 0.3) is 10.8 Å². The third kappa shape index (κ3) is 10.6. The van der Waals surface area contributed by atoms with E-state index in [4.69, 9.17) is 33.4 Å². The van der Waals surface area contributed by atoms with E-state index in [-0.39, 0.29) is 80.8 Å². The highest BCUT2D eigenvalue weighted by Gasteiger charge is 2.51. The standard InChI is InChI=1S/C56H67N7O15/c1-28-12-10-13-29(2)53(70)58-45-44-43(59-56(60-44)17-19-61(20-18-56)23-35-14-11-15-36(22-35)26-74-37-24-62-25-39(63(71)72)57-54(62)75-27-37)40-41(49(45)68)48(67)33(6)51-42(40)52(69)55(8,78-51)76-21-16-38(73-9)30(3)50(77-34(7)64)32(5)47(66)31(4)46(28)65/h10-16,21-22,25,28,30-32,37-38,46-47,50,59,65-68H,17-20,23-24,26-27H2,1-9H3/b12-10+,21-16+,29-13-,58-45?/t28-,30+,31+,32+,37-,38-,46-,47+,50+,55-/m0/s1. The number of aromatic nitrogens is 2.